The Bertz CT molecular complexity index is 2940. The van der Waals surface area contributed by atoms with Gasteiger partial charge in [0, 0.05) is 54.0 Å². The molecular weight excluding hydrogens is 623 g/mol. The molecule has 1 radical (unpaired) electrons. The van der Waals surface area contributed by atoms with Crippen LogP contribution in [0.2, 0.25) is 0 Å². The zero-order chi connectivity index (χ0) is 33.6. The molecule has 2 nitrogen and oxygen atoms in total. The third-order valence-electron chi connectivity index (χ3n) is 11.6. The van der Waals surface area contributed by atoms with Gasteiger partial charge in [0.25, 0.3) is 0 Å². The first-order valence-corrected chi connectivity index (χ1v) is 18.4. The zero-order valence-corrected chi connectivity index (χ0v) is 29.6. The Hall–Kier alpha value is -5.32. The van der Waals surface area contributed by atoms with Crippen molar-refractivity contribution < 1.29 is 0 Å². The summed E-state index contributed by atoms with van der Waals surface area (Å²) in [6.07, 6.45) is 0. The topological polar surface area (TPSA) is 20.7 Å². The minimum atomic E-state index is -0.104. The Morgan fingerprint density at radius 2 is 1.42 bits per heavy atom. The average molecular weight is 658 g/mol. The van der Waals surface area contributed by atoms with Crippen molar-refractivity contribution >= 4 is 71.7 Å². The third-order valence-corrected chi connectivity index (χ3v) is 12.7. The number of aryl methyl sites for hydroxylation is 3. The van der Waals surface area contributed by atoms with Crippen molar-refractivity contribution in [2.75, 3.05) is 0 Å². The standard InChI is InChI=1S/C46H34BN2S/c1-24-20-25(2)38(26(3)21-24)27-22-33(28-14-10-15-31-39-30-13-7-9-19-37(30)50-45(39)48-42(28)31)41-36(23-27)49-43-32(16-11-18-35(43)47-41)40-44(49)29-12-6-8-17-34(29)46(40,4)5/h6-23,48H,1-5H3. The maximum atomic E-state index is 3.93. The van der Waals surface area contributed by atoms with E-state index in [1.165, 1.54) is 120 Å². The fourth-order valence-corrected chi connectivity index (χ4v) is 10.9. The minimum Gasteiger partial charge on any atom is -0.346 e. The van der Waals surface area contributed by atoms with Crippen LogP contribution in [0.5, 0.6) is 0 Å². The summed E-state index contributed by atoms with van der Waals surface area (Å²) in [7, 11) is 2.46. The Labute approximate surface area is 296 Å². The van der Waals surface area contributed by atoms with Crippen molar-refractivity contribution in [1.29, 1.82) is 0 Å². The van der Waals surface area contributed by atoms with Gasteiger partial charge in [-0.1, -0.05) is 116 Å². The summed E-state index contributed by atoms with van der Waals surface area (Å²) in [5.74, 6) is 0. The molecule has 0 fully saturated rings. The van der Waals surface area contributed by atoms with E-state index < -0.39 is 0 Å². The summed E-state index contributed by atoms with van der Waals surface area (Å²) >= 11 is 1.85. The molecule has 0 spiro atoms. The predicted molar refractivity (Wildman–Crippen MR) is 216 cm³/mol. The monoisotopic (exact) mass is 657 g/mol. The molecule has 11 rings (SSSR count). The van der Waals surface area contributed by atoms with Crippen LogP contribution < -0.4 is 10.9 Å². The van der Waals surface area contributed by atoms with Gasteiger partial charge in [0.15, 0.2) is 7.28 Å². The summed E-state index contributed by atoms with van der Waals surface area (Å²) in [4.78, 5) is 5.17. The number of benzene rings is 6. The van der Waals surface area contributed by atoms with Crippen LogP contribution in [-0.4, -0.2) is 16.8 Å². The molecule has 1 aliphatic carbocycles. The number of nitrogens with one attached hydrogen (secondary N) is 1. The summed E-state index contributed by atoms with van der Waals surface area (Å²) in [6.45, 7) is 11.5. The lowest BCUT2D eigenvalue weighted by Crippen LogP contribution is -2.37. The maximum absolute atomic E-state index is 3.93. The Balaban J connectivity index is 1.29. The first kappa shape index (κ1) is 28.5. The van der Waals surface area contributed by atoms with Gasteiger partial charge in [-0.05, 0) is 83.4 Å². The molecule has 9 aromatic rings. The number of aromatic amines is 1. The number of para-hydroxylation sites is 2. The molecule has 4 heteroatoms. The van der Waals surface area contributed by atoms with Crippen LogP contribution in [0.1, 0.15) is 41.7 Å². The zero-order valence-electron chi connectivity index (χ0n) is 28.8. The van der Waals surface area contributed by atoms with Crippen LogP contribution in [0.3, 0.4) is 0 Å². The highest BCUT2D eigenvalue weighted by molar-refractivity contribution is 7.25. The Morgan fingerprint density at radius 3 is 2.28 bits per heavy atom. The fourth-order valence-electron chi connectivity index (χ4n) is 9.75. The number of H-pyrrole nitrogens is 1. The minimum absolute atomic E-state index is 0.104. The van der Waals surface area contributed by atoms with Gasteiger partial charge in [-0.3, -0.25) is 0 Å². The molecule has 1 N–H and O–H groups in total. The van der Waals surface area contributed by atoms with Crippen LogP contribution in [0.4, 0.5) is 0 Å². The normalized spacial score (nSPS) is 14.0. The van der Waals surface area contributed by atoms with E-state index in [0.717, 1.165) is 0 Å². The van der Waals surface area contributed by atoms with E-state index >= 15 is 0 Å². The number of nitrogens with zero attached hydrogens (tertiary/aromatic N) is 1. The molecule has 0 saturated carbocycles. The largest absolute Gasteiger partial charge is 0.346 e. The molecule has 0 bridgehead atoms. The molecule has 237 valence electrons. The number of fused-ring (bicyclic) bond motifs is 12. The highest BCUT2D eigenvalue weighted by Gasteiger charge is 2.42. The Kier molecular flexibility index (Phi) is 5.52. The van der Waals surface area contributed by atoms with Crippen LogP contribution in [0.25, 0.3) is 81.3 Å². The van der Waals surface area contributed by atoms with Crippen LogP contribution in [0, 0.1) is 20.8 Å². The predicted octanol–water partition coefficient (Wildman–Crippen LogP) is 11.0. The second-order valence-corrected chi connectivity index (χ2v) is 16.1. The summed E-state index contributed by atoms with van der Waals surface area (Å²) < 4.78 is 3.94. The van der Waals surface area contributed by atoms with Gasteiger partial charge in [0.1, 0.15) is 4.83 Å². The van der Waals surface area contributed by atoms with Gasteiger partial charge >= 0.3 is 0 Å². The lowest BCUT2D eigenvalue weighted by atomic mass is 9.58. The van der Waals surface area contributed by atoms with Crippen LogP contribution in [0.15, 0.2) is 109 Å². The van der Waals surface area contributed by atoms with Crippen molar-refractivity contribution in [2.24, 2.45) is 0 Å². The molecule has 50 heavy (non-hydrogen) atoms. The SMILES string of the molecule is Cc1cc(C)c(-c2cc(-c3cccc4c3[nH]c3sc5ccccc5c34)c3c(c2)-n2c4c(c5cccc(c52)[B]3)C(C)(C)c2ccccc2-4)c(C)c1. The number of rotatable bonds is 2. The summed E-state index contributed by atoms with van der Waals surface area (Å²) in [5.41, 5.74) is 20.8. The van der Waals surface area contributed by atoms with E-state index in [1.807, 2.05) is 11.3 Å². The average Bonchev–Trinajstić information content (AvgIpc) is 3.82. The van der Waals surface area contributed by atoms with E-state index in [9.17, 15) is 0 Å². The van der Waals surface area contributed by atoms with E-state index in [4.69, 9.17) is 0 Å². The van der Waals surface area contributed by atoms with Crippen molar-refractivity contribution in [3.63, 3.8) is 0 Å². The van der Waals surface area contributed by atoms with Gasteiger partial charge in [-0.2, -0.15) is 0 Å². The van der Waals surface area contributed by atoms with E-state index in [1.54, 1.807) is 0 Å². The van der Waals surface area contributed by atoms with Crippen molar-refractivity contribution in [2.45, 2.75) is 40.0 Å². The molecule has 0 saturated heterocycles. The third kappa shape index (κ3) is 3.54. The molecule has 0 atom stereocenters. The van der Waals surface area contributed by atoms with E-state index in [-0.39, 0.29) is 5.41 Å². The van der Waals surface area contributed by atoms with Gasteiger partial charge < -0.3 is 9.55 Å². The smallest absolute Gasteiger partial charge is 0.197 e. The van der Waals surface area contributed by atoms with E-state index in [2.05, 4.69) is 161 Å². The lowest BCUT2D eigenvalue weighted by Gasteiger charge is -2.27. The highest BCUT2D eigenvalue weighted by atomic mass is 32.1. The van der Waals surface area contributed by atoms with Crippen LogP contribution >= 0.6 is 11.3 Å². The van der Waals surface area contributed by atoms with Crippen LogP contribution in [-0.2, 0) is 5.41 Å². The molecule has 6 aromatic carbocycles. The van der Waals surface area contributed by atoms with Crippen molar-refractivity contribution in [1.82, 2.24) is 9.55 Å². The lowest BCUT2D eigenvalue weighted by molar-refractivity contribution is 0.666. The first-order valence-electron chi connectivity index (χ1n) is 17.6. The van der Waals surface area contributed by atoms with Gasteiger partial charge in [0.05, 0.1) is 11.2 Å². The second-order valence-electron chi connectivity index (χ2n) is 15.0. The number of hydrogen-bond donors (Lipinski definition) is 1. The number of thiophene rings is 1. The van der Waals surface area contributed by atoms with Crippen molar-refractivity contribution in [3.8, 4) is 39.2 Å². The molecule has 3 aromatic heterocycles. The van der Waals surface area contributed by atoms with Gasteiger partial charge in [0.2, 0.25) is 0 Å². The molecular formula is C46H34BN2S. The number of aromatic nitrogens is 2. The quantitative estimate of drug-likeness (QED) is 0.179. The maximum Gasteiger partial charge on any atom is 0.197 e. The highest BCUT2D eigenvalue weighted by Crippen LogP contribution is 2.54. The fraction of sp³-hybridized carbons (Fsp3) is 0.130. The summed E-state index contributed by atoms with van der Waals surface area (Å²) in [5, 5.41) is 5.29. The molecule has 2 aliphatic rings. The Morgan fingerprint density at radius 1 is 0.700 bits per heavy atom. The molecule has 0 unspecified atom stereocenters. The molecule has 1 aliphatic heterocycles. The number of hydrogen-bond acceptors (Lipinski definition) is 1. The van der Waals surface area contributed by atoms with Gasteiger partial charge in [-0.15, -0.1) is 11.3 Å². The second kappa shape index (κ2) is 9.68. The summed E-state index contributed by atoms with van der Waals surface area (Å²) in [6, 6.07) is 41.2. The molecule has 0 amide bonds. The van der Waals surface area contributed by atoms with Crippen molar-refractivity contribution in [3.05, 3.63) is 137 Å². The molecule has 4 heterocycles. The first-order chi connectivity index (χ1) is 24.3. The van der Waals surface area contributed by atoms with Gasteiger partial charge in [-0.25, -0.2) is 0 Å². The van der Waals surface area contributed by atoms with E-state index in [0.29, 0.717) is 0 Å².